The number of aromatic hydroxyl groups is 1. The molecule has 0 aliphatic rings. The van der Waals surface area contributed by atoms with Gasteiger partial charge in [0, 0.05) is 5.56 Å². The van der Waals surface area contributed by atoms with Crippen molar-refractivity contribution in [2.75, 3.05) is 0 Å². The molecule has 1 nitrogen and oxygen atoms in total. The van der Waals surface area contributed by atoms with Gasteiger partial charge in [0.05, 0.1) is 0 Å². The average Bonchev–Trinajstić information content (AvgIpc) is 1.99. The second-order valence-electron chi connectivity index (χ2n) is 2.64. The normalized spacial score (nSPS) is 9.64. The van der Waals surface area contributed by atoms with Crippen molar-refractivity contribution in [2.24, 2.45) is 0 Å². The van der Waals surface area contributed by atoms with Crippen molar-refractivity contribution < 1.29 is 5.11 Å². The van der Waals surface area contributed by atoms with Gasteiger partial charge in [0.1, 0.15) is 5.75 Å². The topological polar surface area (TPSA) is 20.2 Å². The van der Waals surface area contributed by atoms with Gasteiger partial charge in [0.15, 0.2) is 0 Å². The SMILES string of the molecule is C=Cc1c(O)ccc(C)c1C. The highest BCUT2D eigenvalue weighted by Gasteiger charge is 2.01. The lowest BCUT2D eigenvalue weighted by atomic mass is 10.0. The summed E-state index contributed by atoms with van der Waals surface area (Å²) in [4.78, 5) is 0. The van der Waals surface area contributed by atoms with Crippen LogP contribution in [0.1, 0.15) is 16.7 Å². The summed E-state index contributed by atoms with van der Waals surface area (Å²) in [6.45, 7) is 7.63. The molecule has 11 heavy (non-hydrogen) atoms. The Morgan fingerprint density at radius 2 is 2.00 bits per heavy atom. The van der Waals surface area contributed by atoms with Crippen LogP contribution in [0.2, 0.25) is 0 Å². The predicted molar refractivity (Wildman–Crippen MR) is 47.7 cm³/mol. The Balaban J connectivity index is 3.40. The molecule has 0 spiro atoms. The quantitative estimate of drug-likeness (QED) is 0.649. The van der Waals surface area contributed by atoms with Crippen molar-refractivity contribution >= 4 is 6.08 Å². The van der Waals surface area contributed by atoms with Gasteiger partial charge >= 0.3 is 0 Å². The second-order valence-corrected chi connectivity index (χ2v) is 2.64. The largest absolute Gasteiger partial charge is 0.507 e. The van der Waals surface area contributed by atoms with Crippen LogP contribution in [-0.4, -0.2) is 5.11 Å². The minimum Gasteiger partial charge on any atom is -0.507 e. The monoisotopic (exact) mass is 148 g/mol. The molecular formula is C10H12O. The molecule has 0 radical (unpaired) electrons. The number of aryl methyl sites for hydroxylation is 1. The molecular weight excluding hydrogens is 136 g/mol. The van der Waals surface area contributed by atoms with Crippen LogP contribution in [0.4, 0.5) is 0 Å². The van der Waals surface area contributed by atoms with E-state index in [1.165, 1.54) is 5.56 Å². The molecule has 58 valence electrons. The van der Waals surface area contributed by atoms with Crippen LogP contribution < -0.4 is 0 Å². The fourth-order valence-corrected chi connectivity index (χ4v) is 1.08. The number of rotatable bonds is 1. The molecule has 0 atom stereocenters. The molecule has 0 fully saturated rings. The maximum atomic E-state index is 9.34. The van der Waals surface area contributed by atoms with E-state index in [1.54, 1.807) is 12.1 Å². The molecule has 1 rings (SSSR count). The van der Waals surface area contributed by atoms with E-state index in [0.717, 1.165) is 11.1 Å². The average molecular weight is 148 g/mol. The van der Waals surface area contributed by atoms with Gasteiger partial charge in [0.25, 0.3) is 0 Å². The van der Waals surface area contributed by atoms with Crippen LogP contribution in [0.3, 0.4) is 0 Å². The van der Waals surface area contributed by atoms with Crippen LogP contribution in [0, 0.1) is 13.8 Å². The lowest BCUT2D eigenvalue weighted by Crippen LogP contribution is -1.85. The highest BCUT2D eigenvalue weighted by atomic mass is 16.3. The van der Waals surface area contributed by atoms with Crippen LogP contribution in [0.25, 0.3) is 6.08 Å². The molecule has 0 amide bonds. The maximum Gasteiger partial charge on any atom is 0.123 e. The Morgan fingerprint density at radius 1 is 1.36 bits per heavy atom. The first-order valence-corrected chi connectivity index (χ1v) is 3.58. The Labute approximate surface area is 67.0 Å². The third-order valence-corrected chi connectivity index (χ3v) is 1.97. The molecule has 0 aromatic heterocycles. The summed E-state index contributed by atoms with van der Waals surface area (Å²) in [6.07, 6.45) is 1.68. The molecule has 1 aromatic rings. The number of benzene rings is 1. The molecule has 1 aromatic carbocycles. The van der Waals surface area contributed by atoms with E-state index in [4.69, 9.17) is 0 Å². The fourth-order valence-electron chi connectivity index (χ4n) is 1.08. The molecule has 0 heterocycles. The zero-order chi connectivity index (χ0) is 8.43. The lowest BCUT2D eigenvalue weighted by Gasteiger charge is -2.05. The van der Waals surface area contributed by atoms with E-state index in [1.807, 2.05) is 19.9 Å². The summed E-state index contributed by atoms with van der Waals surface area (Å²) in [5.41, 5.74) is 3.11. The van der Waals surface area contributed by atoms with Crippen LogP contribution in [0.5, 0.6) is 5.75 Å². The number of phenols is 1. The van der Waals surface area contributed by atoms with E-state index >= 15 is 0 Å². The molecule has 1 heteroatoms. The first-order chi connectivity index (χ1) is 5.16. The van der Waals surface area contributed by atoms with Gasteiger partial charge in [-0.25, -0.2) is 0 Å². The van der Waals surface area contributed by atoms with Crippen molar-refractivity contribution in [3.63, 3.8) is 0 Å². The Kier molecular flexibility index (Phi) is 1.99. The third-order valence-electron chi connectivity index (χ3n) is 1.97. The van der Waals surface area contributed by atoms with Gasteiger partial charge in [-0.1, -0.05) is 18.7 Å². The molecule has 1 N–H and O–H groups in total. The number of hydrogen-bond acceptors (Lipinski definition) is 1. The lowest BCUT2D eigenvalue weighted by molar-refractivity contribution is 0.473. The van der Waals surface area contributed by atoms with E-state index in [0.29, 0.717) is 5.75 Å². The summed E-state index contributed by atoms with van der Waals surface area (Å²) >= 11 is 0. The first-order valence-electron chi connectivity index (χ1n) is 3.58. The molecule has 0 aliphatic heterocycles. The van der Waals surface area contributed by atoms with Gasteiger partial charge < -0.3 is 5.11 Å². The molecule has 0 unspecified atom stereocenters. The summed E-state index contributed by atoms with van der Waals surface area (Å²) in [6, 6.07) is 3.59. The zero-order valence-corrected chi connectivity index (χ0v) is 6.89. The Morgan fingerprint density at radius 3 is 2.45 bits per heavy atom. The second kappa shape index (κ2) is 2.79. The predicted octanol–water partition coefficient (Wildman–Crippen LogP) is 2.65. The smallest absolute Gasteiger partial charge is 0.123 e. The van der Waals surface area contributed by atoms with E-state index in [9.17, 15) is 5.11 Å². The fraction of sp³-hybridized carbons (Fsp3) is 0.200. The van der Waals surface area contributed by atoms with Gasteiger partial charge in [0.2, 0.25) is 0 Å². The van der Waals surface area contributed by atoms with E-state index in [2.05, 4.69) is 6.58 Å². The molecule has 0 saturated carbocycles. The maximum absolute atomic E-state index is 9.34. The molecule has 0 bridgehead atoms. The van der Waals surface area contributed by atoms with Crippen molar-refractivity contribution in [2.45, 2.75) is 13.8 Å². The zero-order valence-electron chi connectivity index (χ0n) is 6.89. The van der Waals surface area contributed by atoms with Crippen molar-refractivity contribution in [3.05, 3.63) is 35.4 Å². The molecule has 0 saturated heterocycles. The third kappa shape index (κ3) is 1.27. The van der Waals surface area contributed by atoms with Gasteiger partial charge in [-0.15, -0.1) is 0 Å². The van der Waals surface area contributed by atoms with Crippen molar-refractivity contribution in [1.29, 1.82) is 0 Å². The highest BCUT2D eigenvalue weighted by molar-refractivity contribution is 5.60. The first kappa shape index (κ1) is 7.86. The Hall–Kier alpha value is -1.24. The van der Waals surface area contributed by atoms with Crippen molar-refractivity contribution in [1.82, 2.24) is 0 Å². The standard InChI is InChI=1S/C10H12O/c1-4-9-8(3)7(2)5-6-10(9)11/h4-6,11H,1H2,2-3H3. The Bertz CT molecular complexity index is 287. The highest BCUT2D eigenvalue weighted by Crippen LogP contribution is 2.23. The molecule has 0 aliphatic carbocycles. The van der Waals surface area contributed by atoms with Crippen LogP contribution >= 0.6 is 0 Å². The minimum atomic E-state index is 0.308. The van der Waals surface area contributed by atoms with Crippen LogP contribution in [-0.2, 0) is 0 Å². The van der Waals surface area contributed by atoms with E-state index < -0.39 is 0 Å². The van der Waals surface area contributed by atoms with Gasteiger partial charge in [-0.2, -0.15) is 0 Å². The van der Waals surface area contributed by atoms with Crippen molar-refractivity contribution in [3.8, 4) is 5.75 Å². The summed E-state index contributed by atoms with van der Waals surface area (Å²) in [5.74, 6) is 0.308. The summed E-state index contributed by atoms with van der Waals surface area (Å²) in [7, 11) is 0. The van der Waals surface area contributed by atoms with Gasteiger partial charge in [-0.3, -0.25) is 0 Å². The van der Waals surface area contributed by atoms with Gasteiger partial charge in [-0.05, 0) is 31.0 Å². The summed E-state index contributed by atoms with van der Waals surface area (Å²) in [5, 5.41) is 9.34. The van der Waals surface area contributed by atoms with E-state index in [-0.39, 0.29) is 0 Å². The number of phenolic OH excluding ortho intramolecular Hbond substituents is 1. The minimum absolute atomic E-state index is 0.308. The number of hydrogen-bond donors (Lipinski definition) is 1. The summed E-state index contributed by atoms with van der Waals surface area (Å²) < 4.78 is 0. The van der Waals surface area contributed by atoms with Crippen LogP contribution in [0.15, 0.2) is 18.7 Å².